The molecule has 1 aromatic carbocycles. The van der Waals surface area contributed by atoms with E-state index in [1.807, 2.05) is 0 Å². The predicted octanol–water partition coefficient (Wildman–Crippen LogP) is 3.70. The Balaban J connectivity index is 2.11. The van der Waals surface area contributed by atoms with Gasteiger partial charge in [0.25, 0.3) is 0 Å². The average molecular weight is 293 g/mol. The van der Waals surface area contributed by atoms with Gasteiger partial charge in [0.15, 0.2) is 11.6 Å². The lowest BCUT2D eigenvalue weighted by molar-refractivity contribution is 0.512. The van der Waals surface area contributed by atoms with Crippen LogP contribution in [-0.4, -0.2) is 15.0 Å². The van der Waals surface area contributed by atoms with Gasteiger partial charge in [0.1, 0.15) is 17.3 Å². The molecular weight excluding hydrogens is 286 g/mol. The minimum Gasteiger partial charge on any atom is -0.337 e. The predicted molar refractivity (Wildman–Crippen MR) is 72.0 cm³/mol. The molecule has 7 heteroatoms. The second-order valence-electron chi connectivity index (χ2n) is 3.97. The molecular formula is C13H7ClF2N4. The van der Waals surface area contributed by atoms with Crippen molar-refractivity contribution in [3.05, 3.63) is 53.6 Å². The molecule has 100 valence electrons. The first-order valence-electron chi connectivity index (χ1n) is 5.62. The number of nitrogens with one attached hydrogen (secondary N) is 1. The van der Waals surface area contributed by atoms with Crippen molar-refractivity contribution >= 4 is 34.0 Å². The number of benzene rings is 1. The molecule has 3 rings (SSSR count). The van der Waals surface area contributed by atoms with Gasteiger partial charge in [0, 0.05) is 5.39 Å². The molecule has 1 N–H and O–H groups in total. The number of rotatable bonds is 2. The Morgan fingerprint density at radius 1 is 1.10 bits per heavy atom. The summed E-state index contributed by atoms with van der Waals surface area (Å²) < 4.78 is 26.8. The molecule has 0 aliphatic rings. The normalized spacial score (nSPS) is 10.8. The highest BCUT2D eigenvalue weighted by molar-refractivity contribution is 6.30. The van der Waals surface area contributed by atoms with E-state index in [-0.39, 0.29) is 10.8 Å². The molecule has 3 aromatic rings. The van der Waals surface area contributed by atoms with Gasteiger partial charge >= 0.3 is 0 Å². The Morgan fingerprint density at radius 2 is 1.95 bits per heavy atom. The highest BCUT2D eigenvalue weighted by atomic mass is 35.5. The van der Waals surface area contributed by atoms with Crippen molar-refractivity contribution in [3.8, 4) is 0 Å². The van der Waals surface area contributed by atoms with Crippen LogP contribution in [0.3, 0.4) is 0 Å². The molecule has 0 spiro atoms. The van der Waals surface area contributed by atoms with Gasteiger partial charge in [-0.1, -0.05) is 17.7 Å². The smallest absolute Gasteiger partial charge is 0.182 e. The van der Waals surface area contributed by atoms with Crippen LogP contribution in [0.25, 0.3) is 10.9 Å². The van der Waals surface area contributed by atoms with Gasteiger partial charge < -0.3 is 5.32 Å². The van der Waals surface area contributed by atoms with E-state index in [9.17, 15) is 8.78 Å². The second-order valence-corrected chi connectivity index (χ2v) is 4.36. The summed E-state index contributed by atoms with van der Waals surface area (Å²) >= 11 is 5.82. The molecule has 0 bridgehead atoms. The zero-order valence-electron chi connectivity index (χ0n) is 9.94. The zero-order chi connectivity index (χ0) is 14.1. The number of anilines is 2. The SMILES string of the molecule is Fc1cccc(Nc2ncnc3cnc(Cl)cc23)c1F. The van der Waals surface area contributed by atoms with Crippen LogP contribution in [0.5, 0.6) is 0 Å². The van der Waals surface area contributed by atoms with Gasteiger partial charge in [-0.05, 0) is 18.2 Å². The quantitative estimate of drug-likeness (QED) is 0.732. The first-order chi connectivity index (χ1) is 9.65. The number of aromatic nitrogens is 3. The van der Waals surface area contributed by atoms with Gasteiger partial charge in [-0.3, -0.25) is 0 Å². The Hall–Kier alpha value is -2.34. The minimum absolute atomic E-state index is 0.0158. The lowest BCUT2D eigenvalue weighted by Gasteiger charge is -2.09. The van der Waals surface area contributed by atoms with Gasteiger partial charge in [0.2, 0.25) is 0 Å². The van der Waals surface area contributed by atoms with Crippen LogP contribution in [-0.2, 0) is 0 Å². The molecule has 0 atom stereocenters. The summed E-state index contributed by atoms with van der Waals surface area (Å²) in [6.45, 7) is 0. The molecule has 0 radical (unpaired) electrons. The third kappa shape index (κ3) is 2.25. The summed E-state index contributed by atoms with van der Waals surface area (Å²) in [5.74, 6) is -1.59. The summed E-state index contributed by atoms with van der Waals surface area (Å²) in [5, 5.41) is 3.56. The summed E-state index contributed by atoms with van der Waals surface area (Å²) in [4.78, 5) is 11.9. The fourth-order valence-electron chi connectivity index (χ4n) is 1.76. The van der Waals surface area contributed by atoms with Crippen LogP contribution >= 0.6 is 11.6 Å². The van der Waals surface area contributed by atoms with E-state index in [0.717, 1.165) is 6.07 Å². The second kappa shape index (κ2) is 4.97. The van der Waals surface area contributed by atoms with Crippen molar-refractivity contribution in [1.29, 1.82) is 0 Å². The van der Waals surface area contributed by atoms with Gasteiger partial charge in [-0.2, -0.15) is 0 Å². The Kier molecular flexibility index (Phi) is 3.15. The fraction of sp³-hybridized carbons (Fsp3) is 0. The minimum atomic E-state index is -0.973. The van der Waals surface area contributed by atoms with E-state index < -0.39 is 11.6 Å². The van der Waals surface area contributed by atoms with Crippen LogP contribution in [0.2, 0.25) is 5.15 Å². The van der Waals surface area contributed by atoms with Crippen LogP contribution in [0.4, 0.5) is 20.3 Å². The largest absolute Gasteiger partial charge is 0.337 e. The number of nitrogens with zero attached hydrogens (tertiary/aromatic N) is 3. The van der Waals surface area contributed by atoms with Gasteiger partial charge in [-0.25, -0.2) is 23.7 Å². The van der Waals surface area contributed by atoms with Crippen LogP contribution in [0.1, 0.15) is 0 Å². The van der Waals surface area contributed by atoms with Gasteiger partial charge in [0.05, 0.1) is 17.4 Å². The number of halogens is 3. The summed E-state index contributed by atoms with van der Waals surface area (Å²) in [6, 6.07) is 5.41. The standard InChI is InChI=1S/C13H7ClF2N4/c14-11-4-7-10(5-17-11)18-6-19-13(7)20-9-3-1-2-8(15)12(9)16/h1-6H,(H,18,19,20). The third-order valence-electron chi connectivity index (χ3n) is 2.69. The van der Waals surface area contributed by atoms with E-state index in [1.165, 1.54) is 24.7 Å². The molecule has 0 amide bonds. The molecule has 0 aliphatic carbocycles. The number of hydrogen-bond acceptors (Lipinski definition) is 4. The Labute approximate surface area is 117 Å². The molecule has 4 nitrogen and oxygen atoms in total. The lowest BCUT2D eigenvalue weighted by Crippen LogP contribution is -1.99. The van der Waals surface area contributed by atoms with E-state index >= 15 is 0 Å². The maximum Gasteiger partial charge on any atom is 0.182 e. The van der Waals surface area contributed by atoms with Gasteiger partial charge in [-0.15, -0.1) is 0 Å². The number of pyridine rings is 1. The molecule has 0 fully saturated rings. The molecule has 0 saturated heterocycles. The molecule has 0 aliphatic heterocycles. The molecule has 2 aromatic heterocycles. The zero-order valence-corrected chi connectivity index (χ0v) is 10.7. The molecule has 0 saturated carbocycles. The fourth-order valence-corrected chi connectivity index (χ4v) is 1.92. The highest BCUT2D eigenvalue weighted by Gasteiger charge is 2.11. The van der Waals surface area contributed by atoms with E-state index in [4.69, 9.17) is 11.6 Å². The van der Waals surface area contributed by atoms with Crippen molar-refractivity contribution < 1.29 is 8.78 Å². The van der Waals surface area contributed by atoms with E-state index in [1.54, 1.807) is 6.07 Å². The summed E-state index contributed by atoms with van der Waals surface area (Å²) in [6.07, 6.45) is 2.78. The monoisotopic (exact) mass is 292 g/mol. The van der Waals surface area contributed by atoms with Crippen molar-refractivity contribution in [3.63, 3.8) is 0 Å². The van der Waals surface area contributed by atoms with E-state index in [0.29, 0.717) is 16.7 Å². The Bertz CT molecular complexity index is 794. The maximum absolute atomic E-state index is 13.6. The lowest BCUT2D eigenvalue weighted by atomic mass is 10.2. The number of hydrogen-bond donors (Lipinski definition) is 1. The van der Waals surface area contributed by atoms with Crippen molar-refractivity contribution in [2.75, 3.05) is 5.32 Å². The highest BCUT2D eigenvalue weighted by Crippen LogP contribution is 2.26. The van der Waals surface area contributed by atoms with Crippen LogP contribution in [0.15, 0.2) is 36.8 Å². The van der Waals surface area contributed by atoms with Crippen molar-refractivity contribution in [2.45, 2.75) is 0 Å². The van der Waals surface area contributed by atoms with Crippen LogP contribution in [0, 0.1) is 11.6 Å². The van der Waals surface area contributed by atoms with E-state index in [2.05, 4.69) is 20.3 Å². The first kappa shape index (κ1) is 12.7. The number of fused-ring (bicyclic) bond motifs is 1. The Morgan fingerprint density at radius 3 is 2.80 bits per heavy atom. The average Bonchev–Trinajstić information content (AvgIpc) is 2.44. The first-order valence-corrected chi connectivity index (χ1v) is 6.00. The maximum atomic E-state index is 13.6. The van der Waals surface area contributed by atoms with Crippen LogP contribution < -0.4 is 5.32 Å². The van der Waals surface area contributed by atoms with Crippen molar-refractivity contribution in [1.82, 2.24) is 15.0 Å². The van der Waals surface area contributed by atoms with Crippen molar-refractivity contribution in [2.24, 2.45) is 0 Å². The summed E-state index contributed by atoms with van der Waals surface area (Å²) in [7, 11) is 0. The molecule has 2 heterocycles. The third-order valence-corrected chi connectivity index (χ3v) is 2.90. The molecule has 0 unspecified atom stereocenters. The topological polar surface area (TPSA) is 50.7 Å². The molecule has 20 heavy (non-hydrogen) atoms. The summed E-state index contributed by atoms with van der Waals surface area (Å²) in [5.41, 5.74) is 0.529.